The summed E-state index contributed by atoms with van der Waals surface area (Å²) in [6.45, 7) is 0. The van der Waals surface area contributed by atoms with Gasteiger partial charge in [-0.3, -0.25) is 9.00 Å². The SMILES string of the molecule is C[S@](=O)CC(=O)c1ccc(O)cc1O. The summed E-state index contributed by atoms with van der Waals surface area (Å²) in [6, 6.07) is 3.68. The first-order valence-corrected chi connectivity index (χ1v) is 5.58. The third-order valence-electron chi connectivity index (χ3n) is 1.62. The fraction of sp³-hybridized carbons (Fsp3) is 0.222. The highest BCUT2D eigenvalue weighted by Gasteiger charge is 2.12. The smallest absolute Gasteiger partial charge is 0.179 e. The van der Waals surface area contributed by atoms with E-state index in [1.807, 2.05) is 0 Å². The Bertz CT molecular complexity index is 386. The molecule has 1 aromatic carbocycles. The summed E-state index contributed by atoms with van der Waals surface area (Å²) in [4.78, 5) is 11.4. The average Bonchev–Trinajstić information content (AvgIpc) is 2.01. The maximum atomic E-state index is 11.4. The Morgan fingerprint density at radius 2 is 2.07 bits per heavy atom. The molecule has 0 amide bonds. The predicted molar refractivity (Wildman–Crippen MR) is 53.0 cm³/mol. The van der Waals surface area contributed by atoms with Gasteiger partial charge in [0.1, 0.15) is 11.5 Å². The van der Waals surface area contributed by atoms with Gasteiger partial charge in [0.2, 0.25) is 0 Å². The van der Waals surface area contributed by atoms with Crippen molar-refractivity contribution in [3.8, 4) is 11.5 Å². The summed E-state index contributed by atoms with van der Waals surface area (Å²) in [7, 11) is -1.23. The van der Waals surface area contributed by atoms with E-state index in [1.54, 1.807) is 0 Å². The Morgan fingerprint density at radius 1 is 1.43 bits per heavy atom. The zero-order valence-electron chi connectivity index (χ0n) is 7.56. The van der Waals surface area contributed by atoms with Crippen LogP contribution in [0.25, 0.3) is 0 Å². The molecule has 0 aromatic heterocycles. The molecule has 0 aliphatic carbocycles. The first kappa shape index (κ1) is 10.7. The van der Waals surface area contributed by atoms with Crippen LogP contribution in [0.5, 0.6) is 11.5 Å². The molecule has 14 heavy (non-hydrogen) atoms. The van der Waals surface area contributed by atoms with Crippen LogP contribution in [-0.2, 0) is 10.8 Å². The van der Waals surface area contributed by atoms with E-state index in [0.717, 1.165) is 6.07 Å². The van der Waals surface area contributed by atoms with Gasteiger partial charge < -0.3 is 10.2 Å². The van der Waals surface area contributed by atoms with E-state index in [2.05, 4.69) is 0 Å². The zero-order valence-corrected chi connectivity index (χ0v) is 8.37. The largest absolute Gasteiger partial charge is 0.508 e. The Labute approximate surface area is 83.7 Å². The van der Waals surface area contributed by atoms with Crippen LogP contribution < -0.4 is 0 Å². The van der Waals surface area contributed by atoms with Crippen LogP contribution in [0.2, 0.25) is 0 Å². The molecule has 0 aliphatic rings. The number of hydrogen-bond acceptors (Lipinski definition) is 4. The number of phenolic OH excluding ortho intramolecular Hbond substituents is 2. The molecule has 0 saturated carbocycles. The van der Waals surface area contributed by atoms with Crippen LogP contribution in [-0.4, -0.2) is 32.2 Å². The molecule has 1 rings (SSSR count). The molecule has 0 heterocycles. The van der Waals surface area contributed by atoms with Crippen molar-refractivity contribution in [1.82, 2.24) is 0 Å². The Balaban J connectivity index is 2.96. The topological polar surface area (TPSA) is 74.6 Å². The van der Waals surface area contributed by atoms with Crippen LogP contribution in [0.4, 0.5) is 0 Å². The van der Waals surface area contributed by atoms with Gasteiger partial charge in [-0.1, -0.05) is 0 Å². The van der Waals surface area contributed by atoms with Gasteiger partial charge in [0.15, 0.2) is 5.78 Å². The Morgan fingerprint density at radius 3 is 2.57 bits per heavy atom. The van der Waals surface area contributed by atoms with Crippen LogP contribution in [0.1, 0.15) is 10.4 Å². The number of rotatable bonds is 3. The van der Waals surface area contributed by atoms with Gasteiger partial charge in [0, 0.05) is 23.1 Å². The van der Waals surface area contributed by atoms with Crippen LogP contribution in [0, 0.1) is 0 Å². The molecular formula is C9H10O4S. The van der Waals surface area contributed by atoms with Crippen LogP contribution in [0.15, 0.2) is 18.2 Å². The van der Waals surface area contributed by atoms with E-state index in [9.17, 15) is 14.1 Å². The van der Waals surface area contributed by atoms with E-state index in [0.29, 0.717) is 0 Å². The van der Waals surface area contributed by atoms with E-state index in [-0.39, 0.29) is 22.8 Å². The van der Waals surface area contributed by atoms with Crippen molar-refractivity contribution in [3.05, 3.63) is 23.8 Å². The third kappa shape index (κ3) is 2.56. The molecule has 1 atom stereocenters. The third-order valence-corrected chi connectivity index (χ3v) is 2.28. The van der Waals surface area contributed by atoms with Gasteiger partial charge in [-0.05, 0) is 12.1 Å². The number of benzene rings is 1. The molecule has 0 aliphatic heterocycles. The molecule has 4 nitrogen and oxygen atoms in total. The molecule has 5 heteroatoms. The summed E-state index contributed by atoms with van der Waals surface area (Å²) in [5.41, 5.74) is 0.0815. The van der Waals surface area contributed by atoms with Gasteiger partial charge in [0.25, 0.3) is 0 Å². The minimum absolute atomic E-state index is 0.0815. The minimum atomic E-state index is -1.23. The maximum absolute atomic E-state index is 11.4. The summed E-state index contributed by atoms with van der Waals surface area (Å²) in [5.74, 6) is -0.932. The lowest BCUT2D eigenvalue weighted by molar-refractivity contribution is 0.101. The first-order valence-electron chi connectivity index (χ1n) is 3.86. The number of ketones is 1. The van der Waals surface area contributed by atoms with Gasteiger partial charge in [-0.2, -0.15) is 0 Å². The molecule has 0 fully saturated rings. The van der Waals surface area contributed by atoms with Gasteiger partial charge >= 0.3 is 0 Å². The molecule has 0 bridgehead atoms. The Hall–Kier alpha value is -1.36. The predicted octanol–water partition coefficient (Wildman–Crippen LogP) is 0.659. The summed E-state index contributed by atoms with van der Waals surface area (Å²) in [5, 5.41) is 18.3. The second kappa shape index (κ2) is 4.23. The minimum Gasteiger partial charge on any atom is -0.508 e. The van der Waals surface area contributed by atoms with Gasteiger partial charge in [-0.15, -0.1) is 0 Å². The lowest BCUT2D eigenvalue weighted by Gasteiger charge is -2.02. The van der Waals surface area contributed by atoms with E-state index in [1.165, 1.54) is 18.4 Å². The molecule has 1 aromatic rings. The van der Waals surface area contributed by atoms with Crippen molar-refractivity contribution < 1.29 is 19.2 Å². The number of hydrogen-bond donors (Lipinski definition) is 2. The fourth-order valence-corrected chi connectivity index (χ4v) is 1.54. The highest BCUT2D eigenvalue weighted by Crippen LogP contribution is 2.22. The molecule has 2 N–H and O–H groups in total. The van der Waals surface area contributed by atoms with E-state index in [4.69, 9.17) is 5.11 Å². The number of Topliss-reactive ketones (excluding diaryl/α,β-unsaturated/α-hetero) is 1. The van der Waals surface area contributed by atoms with E-state index < -0.39 is 16.6 Å². The lowest BCUT2D eigenvalue weighted by atomic mass is 10.1. The number of aromatic hydroxyl groups is 2. The van der Waals surface area contributed by atoms with Crippen molar-refractivity contribution in [2.75, 3.05) is 12.0 Å². The quantitative estimate of drug-likeness (QED) is 0.725. The van der Waals surface area contributed by atoms with Crippen molar-refractivity contribution in [2.45, 2.75) is 0 Å². The second-order valence-electron chi connectivity index (χ2n) is 2.84. The normalized spacial score (nSPS) is 12.4. The number of carbonyl (C=O) groups is 1. The number of carbonyl (C=O) groups excluding carboxylic acids is 1. The monoisotopic (exact) mass is 214 g/mol. The molecule has 76 valence electrons. The van der Waals surface area contributed by atoms with Gasteiger partial charge in [-0.25, -0.2) is 0 Å². The van der Waals surface area contributed by atoms with Crippen molar-refractivity contribution in [1.29, 1.82) is 0 Å². The summed E-state index contributed by atoms with van der Waals surface area (Å²) < 4.78 is 10.8. The molecule has 0 radical (unpaired) electrons. The highest BCUT2D eigenvalue weighted by molar-refractivity contribution is 7.85. The van der Waals surface area contributed by atoms with Crippen LogP contribution >= 0.6 is 0 Å². The summed E-state index contributed by atoms with van der Waals surface area (Å²) in [6.07, 6.45) is 1.41. The van der Waals surface area contributed by atoms with Crippen molar-refractivity contribution in [3.63, 3.8) is 0 Å². The fourth-order valence-electron chi connectivity index (χ4n) is 1.02. The highest BCUT2D eigenvalue weighted by atomic mass is 32.2. The zero-order chi connectivity index (χ0) is 10.7. The second-order valence-corrected chi connectivity index (χ2v) is 4.28. The number of phenols is 2. The molecular weight excluding hydrogens is 204 g/mol. The molecule has 0 saturated heterocycles. The van der Waals surface area contributed by atoms with Crippen LogP contribution in [0.3, 0.4) is 0 Å². The first-order chi connectivity index (χ1) is 6.50. The molecule has 0 unspecified atom stereocenters. The average molecular weight is 214 g/mol. The Kier molecular flexibility index (Phi) is 3.24. The van der Waals surface area contributed by atoms with Gasteiger partial charge in [0.05, 0.1) is 11.3 Å². The maximum Gasteiger partial charge on any atom is 0.179 e. The molecule has 0 spiro atoms. The van der Waals surface area contributed by atoms with Crippen molar-refractivity contribution >= 4 is 16.6 Å². The lowest BCUT2D eigenvalue weighted by Crippen LogP contribution is -2.09. The van der Waals surface area contributed by atoms with Crippen molar-refractivity contribution in [2.24, 2.45) is 0 Å². The van der Waals surface area contributed by atoms with E-state index >= 15 is 0 Å². The summed E-state index contributed by atoms with van der Waals surface area (Å²) >= 11 is 0. The standard InChI is InChI=1S/C9H10O4S/c1-14(13)5-9(12)7-3-2-6(10)4-8(7)11/h2-4,10-11H,5H2,1H3/t14-/m0/s1.